The predicted octanol–water partition coefficient (Wildman–Crippen LogP) is 5.77. The maximum atomic E-state index is 12.3. The highest BCUT2D eigenvalue weighted by atomic mass is 32.1. The van der Waals surface area contributed by atoms with Gasteiger partial charge in [0.2, 0.25) is 6.79 Å². The van der Waals surface area contributed by atoms with Crippen LogP contribution in [0, 0.1) is 21.4 Å². The molecule has 182 valence electrons. The number of nitro groups is 1. The van der Waals surface area contributed by atoms with E-state index in [0.717, 1.165) is 16.8 Å². The van der Waals surface area contributed by atoms with Crippen LogP contribution in [0.5, 0.6) is 17.2 Å². The maximum absolute atomic E-state index is 12.3. The van der Waals surface area contributed by atoms with E-state index in [4.69, 9.17) is 14.2 Å². The van der Waals surface area contributed by atoms with Crippen molar-refractivity contribution in [3.8, 4) is 34.6 Å². The number of nitro benzene ring substituents is 1. The smallest absolute Gasteiger partial charge is 0.270 e. The minimum atomic E-state index is -0.552. The fraction of sp³-hybridized carbons (Fsp3) is 0.0741. The van der Waals surface area contributed by atoms with Crippen LogP contribution >= 0.6 is 11.3 Å². The van der Waals surface area contributed by atoms with Crippen molar-refractivity contribution in [2.75, 3.05) is 13.4 Å². The largest absolute Gasteiger partial charge is 0.485 e. The third-order valence-electron chi connectivity index (χ3n) is 5.46. The normalized spacial score (nSPS) is 12.1. The zero-order valence-electron chi connectivity index (χ0n) is 19.1. The molecule has 4 aromatic rings. The van der Waals surface area contributed by atoms with Crippen molar-refractivity contribution >= 4 is 34.5 Å². The number of thiazole rings is 1. The number of ether oxygens (including phenoxy) is 3. The van der Waals surface area contributed by atoms with Gasteiger partial charge in [0.1, 0.15) is 16.8 Å². The molecule has 9 nitrogen and oxygen atoms in total. The predicted molar refractivity (Wildman–Crippen MR) is 137 cm³/mol. The second kappa shape index (κ2) is 10.3. The molecule has 0 fully saturated rings. The van der Waals surface area contributed by atoms with Crippen molar-refractivity contribution in [1.82, 2.24) is 4.98 Å². The van der Waals surface area contributed by atoms with Crippen LogP contribution in [0.3, 0.4) is 0 Å². The monoisotopic (exact) mass is 511 g/mol. The summed E-state index contributed by atoms with van der Waals surface area (Å²) < 4.78 is 16.3. The first kappa shape index (κ1) is 23.7. The van der Waals surface area contributed by atoms with Gasteiger partial charge >= 0.3 is 0 Å². The van der Waals surface area contributed by atoms with Gasteiger partial charge in [0.25, 0.3) is 5.69 Å². The van der Waals surface area contributed by atoms with E-state index in [9.17, 15) is 20.2 Å². The molecule has 0 aliphatic carbocycles. The molecule has 0 amide bonds. The summed E-state index contributed by atoms with van der Waals surface area (Å²) in [5.41, 5.74) is 2.82. The zero-order valence-corrected chi connectivity index (χ0v) is 19.9. The molecule has 0 atom stereocenters. The van der Waals surface area contributed by atoms with Crippen molar-refractivity contribution in [2.24, 2.45) is 0 Å². The Labute approximate surface area is 215 Å². The molecule has 0 radical (unpaired) electrons. The van der Waals surface area contributed by atoms with Crippen LogP contribution in [-0.2, 0) is 0 Å². The summed E-state index contributed by atoms with van der Waals surface area (Å²) in [5.74, 6) is 1.44. The van der Waals surface area contributed by atoms with Crippen molar-refractivity contribution in [2.45, 2.75) is 0 Å². The highest BCUT2D eigenvalue weighted by Crippen LogP contribution is 2.36. The minimum absolute atomic E-state index is 0.154. The number of nitrogens with zero attached hydrogens (tertiary/aromatic N) is 3. The van der Waals surface area contributed by atoms with Gasteiger partial charge in [0.15, 0.2) is 23.9 Å². The first-order valence-electron chi connectivity index (χ1n) is 11.0. The van der Waals surface area contributed by atoms with Crippen molar-refractivity contribution in [3.63, 3.8) is 0 Å². The van der Waals surface area contributed by atoms with E-state index in [-0.39, 0.29) is 30.4 Å². The van der Waals surface area contributed by atoms with Crippen molar-refractivity contribution in [1.29, 1.82) is 5.26 Å². The van der Waals surface area contributed by atoms with Gasteiger partial charge in [-0.2, -0.15) is 5.26 Å². The van der Waals surface area contributed by atoms with E-state index < -0.39 is 4.92 Å². The number of hydrogen-bond acceptors (Lipinski definition) is 9. The Morgan fingerprint density at radius 2 is 1.95 bits per heavy atom. The first-order chi connectivity index (χ1) is 18.0. The number of allylic oxidation sites excluding steroid dienone is 1. The fourth-order valence-electron chi connectivity index (χ4n) is 3.58. The number of fused-ring (bicyclic) bond motifs is 1. The highest BCUT2D eigenvalue weighted by molar-refractivity contribution is 7.11. The Hall–Kier alpha value is -5.01. The van der Waals surface area contributed by atoms with Crippen molar-refractivity contribution in [3.05, 3.63) is 98.4 Å². The highest BCUT2D eigenvalue weighted by Gasteiger charge is 2.16. The van der Waals surface area contributed by atoms with Gasteiger partial charge in [0, 0.05) is 28.6 Å². The van der Waals surface area contributed by atoms with Gasteiger partial charge in [-0.25, -0.2) is 4.98 Å². The Bertz CT molecular complexity index is 1570. The molecule has 5 rings (SSSR count). The number of non-ortho nitro benzene ring substituents is 1. The van der Waals surface area contributed by atoms with Crippen LogP contribution in [0.15, 0.2) is 72.1 Å². The molecule has 1 aliphatic heterocycles. The average Bonchev–Trinajstić information content (AvgIpc) is 3.60. The molecule has 0 saturated heterocycles. The van der Waals surface area contributed by atoms with E-state index in [2.05, 4.69) is 11.1 Å². The SMILES string of the molecule is N#C/C(=C\c1ccc(OCC(=O)c2cccc([N+](=O)[O-])c2)cc1)c1nc(-c2ccc3c(c2)OCO3)cs1. The molecule has 0 spiro atoms. The van der Waals surface area contributed by atoms with E-state index in [1.807, 2.05) is 23.6 Å². The number of ketones is 1. The third kappa shape index (κ3) is 5.32. The molecule has 37 heavy (non-hydrogen) atoms. The summed E-state index contributed by atoms with van der Waals surface area (Å²) >= 11 is 1.37. The van der Waals surface area contributed by atoms with E-state index in [0.29, 0.717) is 27.8 Å². The topological polar surface area (TPSA) is 125 Å². The lowest BCUT2D eigenvalue weighted by molar-refractivity contribution is -0.384. The number of hydrogen-bond donors (Lipinski definition) is 0. The second-order valence-electron chi connectivity index (χ2n) is 7.86. The Balaban J connectivity index is 1.25. The van der Waals surface area contributed by atoms with Crippen LogP contribution in [0.25, 0.3) is 22.9 Å². The van der Waals surface area contributed by atoms with Gasteiger partial charge in [-0.3, -0.25) is 14.9 Å². The van der Waals surface area contributed by atoms with Crippen LogP contribution in [0.4, 0.5) is 5.69 Å². The fourth-order valence-corrected chi connectivity index (χ4v) is 4.37. The van der Waals surface area contributed by atoms with Crippen LogP contribution in [0.2, 0.25) is 0 Å². The Kier molecular flexibility index (Phi) is 6.61. The van der Waals surface area contributed by atoms with Gasteiger partial charge in [-0.15, -0.1) is 11.3 Å². The molecule has 3 aromatic carbocycles. The standard InChI is InChI=1S/C27H17N3O6S/c28-13-20(27-29-23(15-37-27)18-6-9-25-26(12-18)36-16-35-25)10-17-4-7-22(8-5-17)34-14-24(31)19-2-1-3-21(11-19)30(32)33/h1-12,15H,14,16H2/b20-10+. The van der Waals surface area contributed by atoms with Gasteiger partial charge in [-0.1, -0.05) is 24.3 Å². The van der Waals surface area contributed by atoms with Gasteiger partial charge in [-0.05, 0) is 42.0 Å². The number of Topliss-reactive ketones (excluding diaryl/α,β-unsaturated/α-hetero) is 1. The second-order valence-corrected chi connectivity index (χ2v) is 8.72. The molecule has 1 aliphatic rings. The van der Waals surface area contributed by atoms with E-state index >= 15 is 0 Å². The average molecular weight is 512 g/mol. The van der Waals surface area contributed by atoms with Crippen LogP contribution < -0.4 is 14.2 Å². The lowest BCUT2D eigenvalue weighted by Crippen LogP contribution is -2.11. The maximum Gasteiger partial charge on any atom is 0.270 e. The molecule has 0 saturated carbocycles. The summed E-state index contributed by atoms with van der Waals surface area (Å²) in [4.78, 5) is 27.3. The quantitative estimate of drug-likeness (QED) is 0.126. The summed E-state index contributed by atoms with van der Waals surface area (Å²) in [5, 5.41) is 23.1. The first-order valence-corrected chi connectivity index (χ1v) is 11.9. The molecule has 2 heterocycles. The number of carbonyl (C=O) groups is 1. The van der Waals surface area contributed by atoms with E-state index in [1.165, 1.54) is 35.6 Å². The molecule has 0 unspecified atom stereocenters. The molecule has 0 bridgehead atoms. The number of carbonyl (C=O) groups excluding carboxylic acids is 1. The summed E-state index contributed by atoms with van der Waals surface area (Å²) in [6.07, 6.45) is 1.72. The van der Waals surface area contributed by atoms with Crippen LogP contribution in [0.1, 0.15) is 20.9 Å². The third-order valence-corrected chi connectivity index (χ3v) is 6.34. The summed E-state index contributed by atoms with van der Waals surface area (Å²) in [6.45, 7) is -0.0675. The molecule has 10 heteroatoms. The molecular formula is C27H17N3O6S. The summed E-state index contributed by atoms with van der Waals surface area (Å²) in [6, 6.07) is 20.2. The number of benzene rings is 3. The van der Waals surface area contributed by atoms with E-state index in [1.54, 1.807) is 30.3 Å². The van der Waals surface area contributed by atoms with Gasteiger partial charge in [0.05, 0.1) is 16.2 Å². The Morgan fingerprint density at radius 3 is 2.73 bits per heavy atom. The Morgan fingerprint density at radius 1 is 1.14 bits per heavy atom. The van der Waals surface area contributed by atoms with Crippen molar-refractivity contribution < 1.29 is 23.9 Å². The lowest BCUT2D eigenvalue weighted by atomic mass is 10.1. The molecular weight excluding hydrogens is 494 g/mol. The van der Waals surface area contributed by atoms with Crippen LogP contribution in [-0.4, -0.2) is 29.1 Å². The molecule has 1 aromatic heterocycles. The summed E-state index contributed by atoms with van der Waals surface area (Å²) in [7, 11) is 0. The lowest BCUT2D eigenvalue weighted by Gasteiger charge is -2.06. The minimum Gasteiger partial charge on any atom is -0.485 e. The number of aromatic nitrogens is 1. The number of rotatable bonds is 8. The zero-order chi connectivity index (χ0) is 25.8. The number of nitriles is 1. The molecule has 0 N–H and O–H groups in total. The van der Waals surface area contributed by atoms with Gasteiger partial charge < -0.3 is 14.2 Å².